The zero-order chi connectivity index (χ0) is 22.6. The lowest BCUT2D eigenvalue weighted by molar-refractivity contribution is 0.0944. The quantitative estimate of drug-likeness (QED) is 0.467. The highest BCUT2D eigenvalue weighted by Crippen LogP contribution is 2.23. The van der Waals surface area contributed by atoms with Crippen LogP contribution in [-0.4, -0.2) is 56.5 Å². The molecule has 4 heterocycles. The third kappa shape index (κ3) is 4.31. The minimum absolute atomic E-state index is 0.226. The summed E-state index contributed by atoms with van der Waals surface area (Å²) in [5, 5.41) is 4.43. The third-order valence-electron chi connectivity index (χ3n) is 5.51. The summed E-state index contributed by atoms with van der Waals surface area (Å²) in [6.07, 6.45) is 6.55. The molecule has 0 atom stereocenters. The van der Waals surface area contributed by atoms with Gasteiger partial charge in [0.1, 0.15) is 5.82 Å². The van der Waals surface area contributed by atoms with Gasteiger partial charge in [-0.2, -0.15) is 5.10 Å². The molecule has 0 aliphatic carbocycles. The van der Waals surface area contributed by atoms with Crippen LogP contribution in [0.4, 0.5) is 5.69 Å². The molecule has 0 saturated carbocycles. The van der Waals surface area contributed by atoms with Gasteiger partial charge in [-0.15, -0.1) is 0 Å². The number of anilines is 1. The number of benzene rings is 1. The van der Waals surface area contributed by atoms with Crippen LogP contribution in [0.5, 0.6) is 0 Å². The van der Waals surface area contributed by atoms with Crippen molar-refractivity contribution in [3.63, 3.8) is 0 Å². The monoisotopic (exact) mass is 442 g/mol. The number of rotatable bonds is 5. The summed E-state index contributed by atoms with van der Waals surface area (Å²) in [6, 6.07) is 14.4. The SMILES string of the molecule is O=C(c1ccccc1N1CCOCC1)n1ccc(-c2cccn(Cc3ncccn3)c2=O)n1. The Morgan fingerprint density at radius 1 is 0.939 bits per heavy atom. The van der Waals surface area contributed by atoms with Gasteiger partial charge >= 0.3 is 0 Å². The molecule has 0 spiro atoms. The van der Waals surface area contributed by atoms with Gasteiger partial charge in [-0.1, -0.05) is 12.1 Å². The standard InChI is InChI=1S/C24H22N6O3/c31-23-18(6-3-11-29(23)17-22-25-9-4-10-26-22)20-8-12-30(27-20)24(32)19-5-1-2-7-21(19)28-13-15-33-16-14-28/h1-12H,13-17H2. The number of carbonyl (C=O) groups excluding carboxylic acids is 1. The van der Waals surface area contributed by atoms with Crippen molar-refractivity contribution in [1.29, 1.82) is 0 Å². The Balaban J connectivity index is 1.43. The van der Waals surface area contributed by atoms with Crippen molar-refractivity contribution in [1.82, 2.24) is 24.3 Å². The summed E-state index contributed by atoms with van der Waals surface area (Å²) in [4.78, 5) is 36.8. The number of aromatic nitrogens is 5. The van der Waals surface area contributed by atoms with Crippen molar-refractivity contribution in [2.75, 3.05) is 31.2 Å². The van der Waals surface area contributed by atoms with Crippen molar-refractivity contribution in [2.24, 2.45) is 0 Å². The maximum absolute atomic E-state index is 13.3. The summed E-state index contributed by atoms with van der Waals surface area (Å²) in [5.41, 5.74) is 2.02. The molecule has 1 aliphatic heterocycles. The number of morpholine rings is 1. The van der Waals surface area contributed by atoms with Crippen LogP contribution in [0.2, 0.25) is 0 Å². The highest BCUT2D eigenvalue weighted by molar-refractivity contribution is 6.01. The van der Waals surface area contributed by atoms with E-state index in [1.807, 2.05) is 18.2 Å². The van der Waals surface area contributed by atoms with Gasteiger partial charge in [0.15, 0.2) is 0 Å². The molecule has 9 nitrogen and oxygen atoms in total. The molecule has 0 unspecified atom stereocenters. The fourth-order valence-electron chi connectivity index (χ4n) is 3.86. The zero-order valence-corrected chi connectivity index (χ0v) is 17.9. The average Bonchev–Trinajstić information content (AvgIpc) is 3.36. The summed E-state index contributed by atoms with van der Waals surface area (Å²) in [5.74, 6) is 0.287. The first kappa shape index (κ1) is 20.8. The Morgan fingerprint density at radius 2 is 1.73 bits per heavy atom. The maximum atomic E-state index is 13.3. The summed E-state index contributed by atoms with van der Waals surface area (Å²) in [7, 11) is 0. The Hall–Kier alpha value is -4.11. The van der Waals surface area contributed by atoms with E-state index in [9.17, 15) is 9.59 Å². The van der Waals surface area contributed by atoms with E-state index in [0.29, 0.717) is 35.9 Å². The van der Waals surface area contributed by atoms with Gasteiger partial charge in [-0.3, -0.25) is 9.59 Å². The van der Waals surface area contributed by atoms with Crippen LogP contribution in [0, 0.1) is 0 Å². The predicted molar refractivity (Wildman–Crippen MR) is 122 cm³/mol. The molecular weight excluding hydrogens is 420 g/mol. The van der Waals surface area contributed by atoms with E-state index in [1.165, 1.54) is 9.25 Å². The molecule has 166 valence electrons. The van der Waals surface area contributed by atoms with E-state index >= 15 is 0 Å². The van der Waals surface area contributed by atoms with Gasteiger partial charge in [0.05, 0.1) is 36.6 Å². The number of hydrogen-bond donors (Lipinski definition) is 0. The lowest BCUT2D eigenvalue weighted by atomic mass is 10.1. The first-order chi connectivity index (χ1) is 16.2. The molecule has 1 aromatic carbocycles. The largest absolute Gasteiger partial charge is 0.378 e. The fourth-order valence-corrected chi connectivity index (χ4v) is 3.86. The molecule has 0 amide bonds. The van der Waals surface area contributed by atoms with E-state index in [2.05, 4.69) is 20.0 Å². The van der Waals surface area contributed by atoms with Gasteiger partial charge in [0.2, 0.25) is 0 Å². The average molecular weight is 442 g/mol. The van der Waals surface area contributed by atoms with Crippen LogP contribution in [0.1, 0.15) is 16.2 Å². The molecular formula is C24H22N6O3. The Morgan fingerprint density at radius 3 is 2.55 bits per heavy atom. The minimum Gasteiger partial charge on any atom is -0.378 e. The first-order valence-corrected chi connectivity index (χ1v) is 10.7. The second-order valence-corrected chi connectivity index (χ2v) is 7.59. The highest BCUT2D eigenvalue weighted by atomic mass is 16.5. The molecule has 3 aromatic heterocycles. The van der Waals surface area contributed by atoms with Crippen LogP contribution in [0.15, 0.2) is 78.1 Å². The van der Waals surface area contributed by atoms with E-state index in [1.54, 1.807) is 55.1 Å². The van der Waals surface area contributed by atoms with Gasteiger partial charge < -0.3 is 14.2 Å². The number of nitrogens with zero attached hydrogens (tertiary/aromatic N) is 6. The molecule has 1 fully saturated rings. The van der Waals surface area contributed by atoms with Crippen molar-refractivity contribution < 1.29 is 9.53 Å². The van der Waals surface area contributed by atoms with Gasteiger partial charge in [-0.05, 0) is 36.4 Å². The number of para-hydroxylation sites is 1. The first-order valence-electron chi connectivity index (χ1n) is 10.7. The number of pyridine rings is 1. The van der Waals surface area contributed by atoms with E-state index in [4.69, 9.17) is 4.74 Å². The van der Waals surface area contributed by atoms with Crippen molar-refractivity contribution in [3.8, 4) is 11.3 Å². The molecule has 1 saturated heterocycles. The summed E-state index contributed by atoms with van der Waals surface area (Å²) < 4.78 is 8.24. The van der Waals surface area contributed by atoms with Gasteiger partial charge in [0.25, 0.3) is 11.5 Å². The second-order valence-electron chi connectivity index (χ2n) is 7.59. The molecule has 33 heavy (non-hydrogen) atoms. The molecule has 5 rings (SSSR count). The maximum Gasteiger partial charge on any atom is 0.280 e. The molecule has 0 radical (unpaired) electrons. The predicted octanol–water partition coefficient (Wildman–Crippen LogP) is 2.08. The fraction of sp³-hybridized carbons (Fsp3) is 0.208. The molecule has 4 aromatic rings. The highest BCUT2D eigenvalue weighted by Gasteiger charge is 2.21. The zero-order valence-electron chi connectivity index (χ0n) is 17.9. The number of ether oxygens (including phenoxy) is 1. The van der Waals surface area contributed by atoms with Crippen LogP contribution in [-0.2, 0) is 11.3 Å². The molecule has 1 aliphatic rings. The lowest BCUT2D eigenvalue weighted by Gasteiger charge is -2.30. The summed E-state index contributed by atoms with van der Waals surface area (Å²) >= 11 is 0. The molecule has 0 N–H and O–H groups in total. The number of hydrogen-bond acceptors (Lipinski definition) is 7. The normalized spacial score (nSPS) is 13.8. The van der Waals surface area contributed by atoms with Crippen LogP contribution >= 0.6 is 0 Å². The Kier molecular flexibility index (Phi) is 5.77. The second kappa shape index (κ2) is 9.17. The van der Waals surface area contributed by atoms with Crippen molar-refractivity contribution in [2.45, 2.75) is 6.54 Å². The number of carbonyl (C=O) groups is 1. The van der Waals surface area contributed by atoms with Crippen LogP contribution < -0.4 is 10.5 Å². The van der Waals surface area contributed by atoms with Gasteiger partial charge in [-0.25, -0.2) is 14.6 Å². The third-order valence-corrected chi connectivity index (χ3v) is 5.51. The molecule has 9 heteroatoms. The smallest absolute Gasteiger partial charge is 0.280 e. The van der Waals surface area contributed by atoms with Crippen LogP contribution in [0.25, 0.3) is 11.3 Å². The Labute approximate surface area is 189 Å². The van der Waals surface area contributed by atoms with Crippen molar-refractivity contribution >= 4 is 11.6 Å². The van der Waals surface area contributed by atoms with E-state index in [-0.39, 0.29) is 18.0 Å². The molecule has 0 bridgehead atoms. The van der Waals surface area contributed by atoms with E-state index in [0.717, 1.165) is 18.8 Å². The van der Waals surface area contributed by atoms with Crippen molar-refractivity contribution in [3.05, 3.63) is 95.1 Å². The lowest BCUT2D eigenvalue weighted by Crippen LogP contribution is -2.37. The summed E-state index contributed by atoms with van der Waals surface area (Å²) in [6.45, 7) is 2.96. The van der Waals surface area contributed by atoms with E-state index < -0.39 is 0 Å². The Bertz CT molecular complexity index is 1330. The van der Waals surface area contributed by atoms with Crippen LogP contribution in [0.3, 0.4) is 0 Å². The minimum atomic E-state index is -0.253. The van der Waals surface area contributed by atoms with Gasteiger partial charge in [0, 0.05) is 43.6 Å². The topological polar surface area (TPSA) is 95.1 Å².